The first-order valence-corrected chi connectivity index (χ1v) is 5.62. The lowest BCUT2D eigenvalue weighted by molar-refractivity contribution is 0.228. The van der Waals surface area contributed by atoms with Gasteiger partial charge in [0.1, 0.15) is 0 Å². The molecule has 80 valence electrons. The van der Waals surface area contributed by atoms with E-state index in [9.17, 15) is 0 Å². The molecule has 0 spiro atoms. The van der Waals surface area contributed by atoms with Gasteiger partial charge in [0, 0.05) is 6.61 Å². The van der Waals surface area contributed by atoms with E-state index in [1.165, 1.54) is 25.7 Å². The van der Waals surface area contributed by atoms with Crippen molar-refractivity contribution in [2.75, 3.05) is 19.7 Å². The third kappa shape index (κ3) is 9.84. The van der Waals surface area contributed by atoms with Gasteiger partial charge in [-0.15, -0.1) is 0 Å². The first kappa shape index (κ1) is 12.9. The predicted octanol–water partition coefficient (Wildman–Crippen LogP) is 2.17. The fourth-order valence-electron chi connectivity index (χ4n) is 1.29. The average Bonchev–Trinajstić information content (AvgIpc) is 2.16. The number of unbranched alkanes of at least 4 members (excludes halogenated alkanes) is 2. The van der Waals surface area contributed by atoms with Gasteiger partial charge in [0.15, 0.2) is 0 Å². The second kappa shape index (κ2) is 10.0. The average molecular weight is 187 g/mol. The van der Waals surface area contributed by atoms with Crippen molar-refractivity contribution < 1.29 is 5.11 Å². The molecule has 0 aliphatic carbocycles. The van der Waals surface area contributed by atoms with Gasteiger partial charge >= 0.3 is 0 Å². The molecule has 0 aliphatic heterocycles. The summed E-state index contributed by atoms with van der Waals surface area (Å²) in [6, 6.07) is 0. The van der Waals surface area contributed by atoms with Gasteiger partial charge in [0.2, 0.25) is 0 Å². The van der Waals surface area contributed by atoms with Crippen LogP contribution in [0.15, 0.2) is 0 Å². The molecule has 0 amide bonds. The molecule has 0 aromatic rings. The van der Waals surface area contributed by atoms with Crippen LogP contribution in [0.5, 0.6) is 0 Å². The van der Waals surface area contributed by atoms with Gasteiger partial charge in [0.05, 0.1) is 0 Å². The summed E-state index contributed by atoms with van der Waals surface area (Å²) in [4.78, 5) is 0. The van der Waals surface area contributed by atoms with Gasteiger partial charge < -0.3 is 10.4 Å². The number of aliphatic hydroxyl groups is 1. The molecular formula is C11H25NO. The lowest BCUT2D eigenvalue weighted by Crippen LogP contribution is -2.17. The molecule has 0 aromatic carbocycles. The highest BCUT2D eigenvalue weighted by Crippen LogP contribution is 2.02. The van der Waals surface area contributed by atoms with Crippen LogP contribution in [0, 0.1) is 5.92 Å². The number of aliphatic hydroxyl groups excluding tert-OH is 1. The minimum atomic E-state index is 0.329. The van der Waals surface area contributed by atoms with Crippen molar-refractivity contribution in [1.82, 2.24) is 5.32 Å². The SMILES string of the molecule is CCCCCNCCCC(C)CO. The standard InChI is InChI=1S/C11H25NO/c1-3-4-5-8-12-9-6-7-11(2)10-13/h11-13H,3-10H2,1-2H3. The third-order valence-electron chi connectivity index (χ3n) is 2.32. The van der Waals surface area contributed by atoms with Crippen molar-refractivity contribution >= 4 is 0 Å². The molecule has 2 N–H and O–H groups in total. The Bertz CT molecular complexity index is 96.1. The van der Waals surface area contributed by atoms with Crippen LogP contribution in [0.4, 0.5) is 0 Å². The molecular weight excluding hydrogens is 162 g/mol. The highest BCUT2D eigenvalue weighted by Gasteiger charge is 1.98. The third-order valence-corrected chi connectivity index (χ3v) is 2.32. The minimum Gasteiger partial charge on any atom is -0.396 e. The fraction of sp³-hybridized carbons (Fsp3) is 1.00. The summed E-state index contributed by atoms with van der Waals surface area (Å²) in [5.41, 5.74) is 0. The molecule has 1 atom stereocenters. The number of nitrogens with one attached hydrogen (secondary N) is 1. The molecule has 1 unspecified atom stereocenters. The molecule has 0 saturated heterocycles. The van der Waals surface area contributed by atoms with Crippen molar-refractivity contribution in [3.63, 3.8) is 0 Å². The minimum absolute atomic E-state index is 0.329. The Morgan fingerprint density at radius 2 is 1.85 bits per heavy atom. The van der Waals surface area contributed by atoms with E-state index < -0.39 is 0 Å². The van der Waals surface area contributed by atoms with E-state index >= 15 is 0 Å². The first-order valence-electron chi connectivity index (χ1n) is 5.62. The Morgan fingerprint density at radius 3 is 2.46 bits per heavy atom. The zero-order valence-corrected chi connectivity index (χ0v) is 9.18. The van der Waals surface area contributed by atoms with Crippen LogP contribution >= 0.6 is 0 Å². The van der Waals surface area contributed by atoms with Crippen LogP contribution < -0.4 is 5.32 Å². The van der Waals surface area contributed by atoms with Crippen molar-refractivity contribution in [1.29, 1.82) is 0 Å². The Kier molecular flexibility index (Phi) is 9.94. The lowest BCUT2D eigenvalue weighted by atomic mass is 10.1. The molecule has 0 radical (unpaired) electrons. The molecule has 0 heterocycles. The largest absolute Gasteiger partial charge is 0.396 e. The molecule has 0 aromatic heterocycles. The normalized spacial score (nSPS) is 13.2. The topological polar surface area (TPSA) is 32.3 Å². The number of hydrogen-bond donors (Lipinski definition) is 2. The van der Waals surface area contributed by atoms with E-state index in [1.807, 2.05) is 0 Å². The van der Waals surface area contributed by atoms with E-state index in [0.717, 1.165) is 19.5 Å². The lowest BCUT2D eigenvalue weighted by Gasteiger charge is -2.07. The summed E-state index contributed by atoms with van der Waals surface area (Å²) in [7, 11) is 0. The second-order valence-electron chi connectivity index (χ2n) is 3.89. The van der Waals surface area contributed by atoms with Crippen LogP contribution in [0.1, 0.15) is 46.0 Å². The summed E-state index contributed by atoms with van der Waals surface area (Å²) >= 11 is 0. The van der Waals surface area contributed by atoms with Crippen LogP contribution in [0.3, 0.4) is 0 Å². The maximum absolute atomic E-state index is 8.79. The van der Waals surface area contributed by atoms with Crippen molar-refractivity contribution in [2.24, 2.45) is 5.92 Å². The summed E-state index contributed by atoms with van der Waals surface area (Å²) < 4.78 is 0. The summed E-state index contributed by atoms with van der Waals surface area (Å²) in [5, 5.41) is 12.2. The van der Waals surface area contributed by atoms with Crippen LogP contribution in [-0.4, -0.2) is 24.8 Å². The van der Waals surface area contributed by atoms with Gasteiger partial charge in [-0.25, -0.2) is 0 Å². The summed E-state index contributed by atoms with van der Waals surface area (Å²) in [6.45, 7) is 6.91. The van der Waals surface area contributed by atoms with E-state index in [1.54, 1.807) is 0 Å². The highest BCUT2D eigenvalue weighted by atomic mass is 16.3. The Balaban J connectivity index is 2.91. The van der Waals surface area contributed by atoms with Gasteiger partial charge in [-0.1, -0.05) is 26.7 Å². The predicted molar refractivity (Wildman–Crippen MR) is 57.9 cm³/mol. The highest BCUT2D eigenvalue weighted by molar-refractivity contribution is 4.53. The van der Waals surface area contributed by atoms with Crippen LogP contribution in [0.25, 0.3) is 0 Å². The Morgan fingerprint density at radius 1 is 1.15 bits per heavy atom. The molecule has 0 fully saturated rings. The molecule has 0 saturated carbocycles. The summed E-state index contributed by atoms with van der Waals surface area (Å²) in [6.07, 6.45) is 6.25. The van der Waals surface area contributed by atoms with Gasteiger partial charge in [-0.3, -0.25) is 0 Å². The van der Waals surface area contributed by atoms with Crippen molar-refractivity contribution in [3.8, 4) is 0 Å². The Hall–Kier alpha value is -0.0800. The maximum atomic E-state index is 8.79. The molecule has 2 nitrogen and oxygen atoms in total. The van der Waals surface area contributed by atoms with Gasteiger partial charge in [-0.05, 0) is 38.3 Å². The van der Waals surface area contributed by atoms with E-state index in [-0.39, 0.29) is 0 Å². The molecule has 2 heteroatoms. The van der Waals surface area contributed by atoms with E-state index in [4.69, 9.17) is 5.11 Å². The second-order valence-corrected chi connectivity index (χ2v) is 3.89. The molecule has 0 aliphatic rings. The smallest absolute Gasteiger partial charge is 0.0456 e. The fourth-order valence-corrected chi connectivity index (χ4v) is 1.29. The maximum Gasteiger partial charge on any atom is 0.0456 e. The van der Waals surface area contributed by atoms with Crippen molar-refractivity contribution in [2.45, 2.75) is 46.0 Å². The Labute approximate surface area is 82.7 Å². The molecule has 13 heavy (non-hydrogen) atoms. The van der Waals surface area contributed by atoms with Crippen LogP contribution in [0.2, 0.25) is 0 Å². The monoisotopic (exact) mass is 187 g/mol. The van der Waals surface area contributed by atoms with E-state index in [0.29, 0.717) is 12.5 Å². The van der Waals surface area contributed by atoms with Crippen molar-refractivity contribution in [3.05, 3.63) is 0 Å². The van der Waals surface area contributed by atoms with Crippen LogP contribution in [-0.2, 0) is 0 Å². The first-order chi connectivity index (χ1) is 6.31. The zero-order valence-electron chi connectivity index (χ0n) is 9.18. The quantitative estimate of drug-likeness (QED) is 0.542. The number of rotatable bonds is 9. The van der Waals surface area contributed by atoms with E-state index in [2.05, 4.69) is 19.2 Å². The number of hydrogen-bond acceptors (Lipinski definition) is 2. The molecule has 0 bridgehead atoms. The van der Waals surface area contributed by atoms with Gasteiger partial charge in [-0.2, -0.15) is 0 Å². The zero-order chi connectivity index (χ0) is 9.94. The molecule has 0 rings (SSSR count). The van der Waals surface area contributed by atoms with Gasteiger partial charge in [0.25, 0.3) is 0 Å². The summed E-state index contributed by atoms with van der Waals surface area (Å²) in [5.74, 6) is 0.470.